The Hall–Kier alpha value is -2.50. The molecule has 0 unspecified atom stereocenters. The zero-order valence-corrected chi connectivity index (χ0v) is 10.9. The highest BCUT2D eigenvalue weighted by Gasteiger charge is 2.23. The number of hydrogen-bond donors (Lipinski definition) is 4. The van der Waals surface area contributed by atoms with Crippen LogP contribution in [0.25, 0.3) is 10.9 Å². The molecule has 1 heterocycles. The number of aromatic amines is 1. The van der Waals surface area contributed by atoms with E-state index in [-0.39, 0.29) is 18.4 Å². The van der Waals surface area contributed by atoms with Crippen LogP contribution in [0.1, 0.15) is 23.3 Å². The summed E-state index contributed by atoms with van der Waals surface area (Å²) in [7, 11) is 0. The van der Waals surface area contributed by atoms with Gasteiger partial charge in [-0.2, -0.15) is 0 Å². The fraction of sp³-hybridized carbons (Fsp3) is 0.286. The second-order valence-electron chi connectivity index (χ2n) is 5.05. The first-order chi connectivity index (χ1) is 9.61. The van der Waals surface area contributed by atoms with Gasteiger partial charge in [-0.3, -0.25) is 9.59 Å². The predicted octanol–water partition coefficient (Wildman–Crippen LogP) is 0.758. The average molecular weight is 272 g/mol. The minimum atomic E-state index is -0.300. The van der Waals surface area contributed by atoms with Gasteiger partial charge in [-0.15, -0.1) is 0 Å². The molecule has 1 saturated carbocycles. The van der Waals surface area contributed by atoms with Crippen LogP contribution in [-0.2, 0) is 4.79 Å². The van der Waals surface area contributed by atoms with E-state index < -0.39 is 0 Å². The standard InChI is InChI=1S/C14H16N4O2/c15-9-1-4-11-8(5-9)6-12(18-11)14(20)16-7-13(19)17-10-2-3-10/h1,4-6,10,18H,2-3,7,15H2,(H,16,20)(H,17,19). The Morgan fingerprint density at radius 2 is 2.10 bits per heavy atom. The number of fused-ring (bicyclic) bond motifs is 1. The molecule has 6 nitrogen and oxygen atoms in total. The SMILES string of the molecule is Nc1ccc2[nH]c(C(=O)NCC(=O)NC3CC3)cc2c1. The van der Waals surface area contributed by atoms with Crippen molar-refractivity contribution in [3.8, 4) is 0 Å². The summed E-state index contributed by atoms with van der Waals surface area (Å²) in [6.45, 7) is -0.00711. The van der Waals surface area contributed by atoms with Gasteiger partial charge in [-0.1, -0.05) is 0 Å². The highest BCUT2D eigenvalue weighted by atomic mass is 16.2. The minimum Gasteiger partial charge on any atom is -0.399 e. The molecule has 5 N–H and O–H groups in total. The van der Waals surface area contributed by atoms with Crippen LogP contribution < -0.4 is 16.4 Å². The number of rotatable bonds is 4. The molecule has 2 amide bonds. The van der Waals surface area contributed by atoms with Gasteiger partial charge < -0.3 is 21.4 Å². The summed E-state index contributed by atoms with van der Waals surface area (Å²) in [6.07, 6.45) is 2.06. The number of H-pyrrole nitrogens is 1. The Kier molecular flexibility index (Phi) is 3.06. The number of nitrogens with one attached hydrogen (secondary N) is 3. The minimum absolute atomic E-state index is 0.00711. The van der Waals surface area contributed by atoms with Gasteiger partial charge in [0.1, 0.15) is 5.69 Å². The molecule has 0 bridgehead atoms. The zero-order valence-electron chi connectivity index (χ0n) is 10.9. The number of aromatic nitrogens is 1. The molecule has 20 heavy (non-hydrogen) atoms. The van der Waals surface area contributed by atoms with Crippen LogP contribution in [0.3, 0.4) is 0 Å². The van der Waals surface area contributed by atoms with E-state index in [1.54, 1.807) is 18.2 Å². The van der Waals surface area contributed by atoms with E-state index in [1.807, 2.05) is 6.07 Å². The van der Waals surface area contributed by atoms with Crippen LogP contribution >= 0.6 is 0 Å². The van der Waals surface area contributed by atoms with E-state index in [4.69, 9.17) is 5.73 Å². The van der Waals surface area contributed by atoms with Gasteiger partial charge in [0, 0.05) is 22.6 Å². The van der Waals surface area contributed by atoms with Crippen molar-refractivity contribution in [2.45, 2.75) is 18.9 Å². The number of carbonyl (C=O) groups is 2. The number of carbonyl (C=O) groups excluding carboxylic acids is 2. The van der Waals surface area contributed by atoms with Crippen molar-refractivity contribution in [1.82, 2.24) is 15.6 Å². The van der Waals surface area contributed by atoms with E-state index in [1.165, 1.54) is 0 Å². The van der Waals surface area contributed by atoms with Gasteiger partial charge >= 0.3 is 0 Å². The number of benzene rings is 1. The second kappa shape index (κ2) is 4.88. The van der Waals surface area contributed by atoms with Crippen LogP contribution in [0, 0.1) is 0 Å². The van der Waals surface area contributed by atoms with Crippen molar-refractivity contribution >= 4 is 28.4 Å². The molecule has 0 aliphatic heterocycles. The topological polar surface area (TPSA) is 100 Å². The summed E-state index contributed by atoms with van der Waals surface area (Å²) in [5.41, 5.74) is 7.60. The van der Waals surface area contributed by atoms with Crippen molar-refractivity contribution in [2.24, 2.45) is 0 Å². The molecule has 1 aliphatic carbocycles. The molecule has 1 fully saturated rings. The first-order valence-electron chi connectivity index (χ1n) is 6.57. The maximum absolute atomic E-state index is 12.0. The summed E-state index contributed by atoms with van der Waals surface area (Å²) in [5, 5.41) is 6.28. The summed E-state index contributed by atoms with van der Waals surface area (Å²) < 4.78 is 0. The van der Waals surface area contributed by atoms with Crippen molar-refractivity contribution in [3.05, 3.63) is 30.0 Å². The molecular weight excluding hydrogens is 256 g/mol. The Balaban J connectivity index is 1.64. The lowest BCUT2D eigenvalue weighted by Crippen LogP contribution is -2.37. The lowest BCUT2D eigenvalue weighted by atomic mass is 10.2. The van der Waals surface area contributed by atoms with E-state index in [0.717, 1.165) is 23.7 Å². The lowest BCUT2D eigenvalue weighted by molar-refractivity contribution is -0.120. The summed E-state index contributed by atoms with van der Waals surface area (Å²) in [6, 6.07) is 7.41. The number of amides is 2. The van der Waals surface area contributed by atoms with E-state index in [0.29, 0.717) is 17.4 Å². The molecule has 2 aromatic rings. The fourth-order valence-corrected chi connectivity index (χ4v) is 2.04. The van der Waals surface area contributed by atoms with Gasteiger partial charge in [0.05, 0.1) is 6.54 Å². The molecule has 104 valence electrons. The van der Waals surface area contributed by atoms with Crippen molar-refractivity contribution in [2.75, 3.05) is 12.3 Å². The number of nitrogen functional groups attached to an aromatic ring is 1. The zero-order chi connectivity index (χ0) is 14.1. The highest BCUT2D eigenvalue weighted by Crippen LogP contribution is 2.19. The van der Waals surface area contributed by atoms with Gasteiger partial charge in [-0.25, -0.2) is 0 Å². The molecule has 1 aliphatic rings. The largest absolute Gasteiger partial charge is 0.399 e. The van der Waals surface area contributed by atoms with E-state index in [9.17, 15) is 9.59 Å². The molecule has 1 aromatic carbocycles. The normalized spacial score (nSPS) is 14.2. The van der Waals surface area contributed by atoms with Crippen LogP contribution in [0.4, 0.5) is 5.69 Å². The molecule has 3 rings (SSSR count). The van der Waals surface area contributed by atoms with Gasteiger partial charge in [0.25, 0.3) is 5.91 Å². The Morgan fingerprint density at radius 3 is 2.85 bits per heavy atom. The van der Waals surface area contributed by atoms with Gasteiger partial charge in [0.15, 0.2) is 0 Å². The summed E-state index contributed by atoms with van der Waals surface area (Å²) >= 11 is 0. The molecular formula is C14H16N4O2. The number of anilines is 1. The lowest BCUT2D eigenvalue weighted by Gasteiger charge is -2.04. The third kappa shape index (κ3) is 2.74. The summed E-state index contributed by atoms with van der Waals surface area (Å²) in [4.78, 5) is 26.4. The summed E-state index contributed by atoms with van der Waals surface area (Å²) in [5.74, 6) is -0.452. The maximum atomic E-state index is 12.0. The Bertz CT molecular complexity index is 673. The maximum Gasteiger partial charge on any atom is 0.268 e. The van der Waals surface area contributed by atoms with E-state index >= 15 is 0 Å². The molecule has 0 saturated heterocycles. The van der Waals surface area contributed by atoms with Crippen LogP contribution in [0.15, 0.2) is 24.3 Å². The van der Waals surface area contributed by atoms with Crippen molar-refractivity contribution in [1.29, 1.82) is 0 Å². The average Bonchev–Trinajstić information content (AvgIpc) is 3.12. The van der Waals surface area contributed by atoms with Crippen LogP contribution in [0.2, 0.25) is 0 Å². The molecule has 0 radical (unpaired) electrons. The van der Waals surface area contributed by atoms with Gasteiger partial charge in [-0.05, 0) is 37.1 Å². The van der Waals surface area contributed by atoms with Gasteiger partial charge in [0.2, 0.25) is 5.91 Å². The molecule has 1 aromatic heterocycles. The number of hydrogen-bond acceptors (Lipinski definition) is 3. The first kappa shape index (κ1) is 12.5. The van der Waals surface area contributed by atoms with Crippen LogP contribution in [0.5, 0.6) is 0 Å². The van der Waals surface area contributed by atoms with E-state index in [2.05, 4.69) is 15.6 Å². The fourth-order valence-electron chi connectivity index (χ4n) is 2.04. The Labute approximate surface area is 115 Å². The first-order valence-corrected chi connectivity index (χ1v) is 6.57. The monoisotopic (exact) mass is 272 g/mol. The Morgan fingerprint density at radius 1 is 1.30 bits per heavy atom. The highest BCUT2D eigenvalue weighted by molar-refractivity contribution is 5.99. The van der Waals surface area contributed by atoms with Crippen LogP contribution in [-0.4, -0.2) is 29.4 Å². The quantitative estimate of drug-likeness (QED) is 0.618. The second-order valence-corrected chi connectivity index (χ2v) is 5.05. The van der Waals surface area contributed by atoms with Crippen molar-refractivity contribution in [3.63, 3.8) is 0 Å². The number of nitrogens with two attached hydrogens (primary N) is 1. The molecule has 6 heteroatoms. The third-order valence-electron chi connectivity index (χ3n) is 3.24. The molecule has 0 atom stereocenters. The van der Waals surface area contributed by atoms with Crippen molar-refractivity contribution < 1.29 is 9.59 Å². The third-order valence-corrected chi connectivity index (χ3v) is 3.24. The molecule has 0 spiro atoms. The predicted molar refractivity (Wildman–Crippen MR) is 76.2 cm³/mol. The smallest absolute Gasteiger partial charge is 0.268 e.